The summed E-state index contributed by atoms with van der Waals surface area (Å²) in [6.07, 6.45) is 47.4. The minimum atomic E-state index is -0.928. The van der Waals surface area contributed by atoms with Crippen molar-refractivity contribution < 1.29 is 20.1 Å². The Balaban J connectivity index is 3.68. The lowest BCUT2D eigenvalue weighted by atomic mass is 10.0. The number of unbranched alkanes of at least 4 members (excludes halogenated alkanes) is 28. The summed E-state index contributed by atoms with van der Waals surface area (Å²) in [6, 6.07) is -0.744. The highest BCUT2D eigenvalue weighted by atomic mass is 16.3. The molecule has 0 aliphatic carbocycles. The molecule has 0 bridgehead atoms. The van der Waals surface area contributed by atoms with Gasteiger partial charge in [-0.05, 0) is 44.9 Å². The summed E-state index contributed by atoms with van der Waals surface area (Å²) in [4.78, 5) is 12.4. The molecule has 0 fully saturated rings. The third-order valence-electron chi connectivity index (χ3n) is 9.98. The maximum atomic E-state index is 12.4. The van der Waals surface area contributed by atoms with Gasteiger partial charge in [-0.15, -0.1) is 0 Å². The van der Waals surface area contributed by atoms with E-state index in [2.05, 4.69) is 31.3 Å². The van der Waals surface area contributed by atoms with Gasteiger partial charge in [0.1, 0.15) is 0 Å². The fraction of sp³-hybridized carbons (Fsp3) is 0.886. The molecule has 5 nitrogen and oxygen atoms in total. The average molecular weight is 692 g/mol. The van der Waals surface area contributed by atoms with E-state index in [0.717, 1.165) is 38.5 Å². The van der Waals surface area contributed by atoms with Crippen LogP contribution in [0.1, 0.15) is 226 Å². The van der Waals surface area contributed by atoms with Gasteiger partial charge in [-0.3, -0.25) is 4.79 Å². The number of amides is 1. The molecule has 0 saturated carbocycles. The molecular weight excluding hydrogens is 606 g/mol. The minimum Gasteiger partial charge on any atom is -0.394 e. The second kappa shape index (κ2) is 39.6. The lowest BCUT2D eigenvalue weighted by Crippen LogP contribution is -2.45. The van der Waals surface area contributed by atoms with Gasteiger partial charge in [0, 0.05) is 0 Å². The number of aliphatic hydroxyl groups is 3. The van der Waals surface area contributed by atoms with Crippen LogP contribution in [0.15, 0.2) is 24.3 Å². The van der Waals surface area contributed by atoms with Gasteiger partial charge in [-0.1, -0.05) is 199 Å². The topological polar surface area (TPSA) is 89.8 Å². The van der Waals surface area contributed by atoms with E-state index in [0.29, 0.717) is 6.42 Å². The van der Waals surface area contributed by atoms with Crippen LogP contribution in [0.3, 0.4) is 0 Å². The summed E-state index contributed by atoms with van der Waals surface area (Å²) in [5.74, 6) is -0.320. The molecule has 0 spiro atoms. The molecule has 0 heterocycles. The lowest BCUT2D eigenvalue weighted by Gasteiger charge is -2.21. The smallest absolute Gasteiger partial charge is 0.222 e. The standard InChI is InChI=1S/C44H85NO4/c1-3-5-7-9-11-13-15-17-19-20-21-22-24-26-28-30-32-34-36-38-43(48)42(40-46)45-44(49)39-41(47)37-35-33-31-29-27-25-23-18-16-14-12-10-8-6-4-2/h18,23,36,38,41-43,46-48H,3-17,19-22,24-35,37,39-40H2,1-2H3,(H,45,49)/b23-18-,38-36+. The van der Waals surface area contributed by atoms with E-state index in [4.69, 9.17) is 0 Å². The second-order valence-electron chi connectivity index (χ2n) is 15.0. The van der Waals surface area contributed by atoms with Gasteiger partial charge < -0.3 is 20.6 Å². The monoisotopic (exact) mass is 692 g/mol. The number of allylic oxidation sites excluding steroid dienone is 3. The van der Waals surface area contributed by atoms with Gasteiger partial charge >= 0.3 is 0 Å². The van der Waals surface area contributed by atoms with Gasteiger partial charge in [-0.25, -0.2) is 0 Å². The molecule has 0 rings (SSSR count). The van der Waals surface area contributed by atoms with Crippen LogP contribution in [-0.4, -0.2) is 46.1 Å². The van der Waals surface area contributed by atoms with Crippen LogP contribution >= 0.6 is 0 Å². The van der Waals surface area contributed by atoms with Gasteiger partial charge in [0.05, 0.1) is 31.3 Å². The summed E-state index contributed by atoms with van der Waals surface area (Å²) in [5, 5.41) is 33.2. The van der Waals surface area contributed by atoms with Crippen molar-refractivity contribution in [3.05, 3.63) is 24.3 Å². The van der Waals surface area contributed by atoms with Crippen molar-refractivity contribution in [1.82, 2.24) is 5.32 Å². The van der Waals surface area contributed by atoms with Crippen molar-refractivity contribution in [2.24, 2.45) is 0 Å². The molecule has 0 aromatic heterocycles. The van der Waals surface area contributed by atoms with Gasteiger partial charge in [0.25, 0.3) is 0 Å². The maximum absolute atomic E-state index is 12.4. The molecule has 49 heavy (non-hydrogen) atoms. The Morgan fingerprint density at radius 2 is 0.857 bits per heavy atom. The highest BCUT2D eigenvalue weighted by molar-refractivity contribution is 5.76. The molecule has 290 valence electrons. The quantitative estimate of drug-likeness (QED) is 0.0381. The van der Waals surface area contributed by atoms with E-state index >= 15 is 0 Å². The molecule has 0 aromatic rings. The Hall–Kier alpha value is -1.17. The molecule has 3 unspecified atom stereocenters. The van der Waals surface area contributed by atoms with E-state index in [9.17, 15) is 20.1 Å². The molecule has 1 amide bonds. The molecule has 0 radical (unpaired) electrons. The highest BCUT2D eigenvalue weighted by Crippen LogP contribution is 2.15. The molecule has 0 aliphatic heterocycles. The minimum absolute atomic E-state index is 0.00951. The first-order valence-corrected chi connectivity index (χ1v) is 21.6. The predicted molar refractivity (Wildman–Crippen MR) is 213 cm³/mol. The van der Waals surface area contributed by atoms with Crippen molar-refractivity contribution in [2.75, 3.05) is 6.61 Å². The van der Waals surface area contributed by atoms with Crippen molar-refractivity contribution in [1.29, 1.82) is 0 Å². The molecule has 3 atom stereocenters. The van der Waals surface area contributed by atoms with E-state index in [1.54, 1.807) is 6.08 Å². The molecule has 0 aliphatic rings. The van der Waals surface area contributed by atoms with Crippen LogP contribution in [0.5, 0.6) is 0 Å². The zero-order chi connectivity index (χ0) is 35.9. The van der Waals surface area contributed by atoms with Crippen LogP contribution in [0.4, 0.5) is 0 Å². The van der Waals surface area contributed by atoms with Gasteiger partial charge in [0.2, 0.25) is 5.91 Å². The maximum Gasteiger partial charge on any atom is 0.222 e. The van der Waals surface area contributed by atoms with Crippen LogP contribution < -0.4 is 5.32 Å². The Bertz CT molecular complexity index is 724. The van der Waals surface area contributed by atoms with Crippen LogP contribution in [0.25, 0.3) is 0 Å². The van der Waals surface area contributed by atoms with E-state index in [1.807, 2.05) is 6.08 Å². The summed E-state index contributed by atoms with van der Waals surface area (Å²) in [6.45, 7) is 4.21. The van der Waals surface area contributed by atoms with Gasteiger partial charge in [-0.2, -0.15) is 0 Å². The van der Waals surface area contributed by atoms with E-state index < -0.39 is 18.2 Å². The van der Waals surface area contributed by atoms with Crippen LogP contribution in [0, 0.1) is 0 Å². The van der Waals surface area contributed by atoms with Crippen LogP contribution in [-0.2, 0) is 4.79 Å². The first-order valence-electron chi connectivity index (χ1n) is 21.6. The third kappa shape index (κ3) is 36.4. The zero-order valence-corrected chi connectivity index (χ0v) is 32.8. The van der Waals surface area contributed by atoms with E-state index in [1.165, 1.54) is 161 Å². The first-order chi connectivity index (χ1) is 24.0. The van der Waals surface area contributed by atoms with E-state index in [-0.39, 0.29) is 18.9 Å². The van der Waals surface area contributed by atoms with Crippen molar-refractivity contribution in [3.8, 4) is 0 Å². The second-order valence-corrected chi connectivity index (χ2v) is 15.0. The SMILES string of the molecule is CCCCCCCC/C=C\CCCCCCCC(O)CC(=O)NC(CO)C(O)/C=C/CCCCCCCCCCCCCCCCCCC. The summed E-state index contributed by atoms with van der Waals surface area (Å²) >= 11 is 0. The van der Waals surface area contributed by atoms with Crippen molar-refractivity contribution in [2.45, 2.75) is 244 Å². The number of hydrogen-bond donors (Lipinski definition) is 4. The van der Waals surface area contributed by atoms with Crippen molar-refractivity contribution in [3.63, 3.8) is 0 Å². The summed E-state index contributed by atoms with van der Waals surface area (Å²) < 4.78 is 0. The number of aliphatic hydroxyl groups excluding tert-OH is 3. The lowest BCUT2D eigenvalue weighted by molar-refractivity contribution is -0.124. The van der Waals surface area contributed by atoms with Crippen LogP contribution in [0.2, 0.25) is 0 Å². The first kappa shape index (κ1) is 47.8. The summed E-state index contributed by atoms with van der Waals surface area (Å²) in [7, 11) is 0. The predicted octanol–water partition coefficient (Wildman–Crippen LogP) is 12.2. The summed E-state index contributed by atoms with van der Waals surface area (Å²) in [5.41, 5.74) is 0. The number of nitrogens with one attached hydrogen (secondary N) is 1. The largest absolute Gasteiger partial charge is 0.394 e. The Kier molecular flexibility index (Phi) is 38.7. The third-order valence-corrected chi connectivity index (χ3v) is 9.98. The van der Waals surface area contributed by atoms with Crippen molar-refractivity contribution >= 4 is 5.91 Å². The Morgan fingerprint density at radius 1 is 0.510 bits per heavy atom. The molecule has 5 heteroatoms. The normalized spacial score (nSPS) is 13.8. The number of hydrogen-bond acceptors (Lipinski definition) is 4. The fourth-order valence-corrected chi connectivity index (χ4v) is 6.63. The average Bonchev–Trinajstić information content (AvgIpc) is 3.09. The molecule has 0 saturated heterocycles. The fourth-order valence-electron chi connectivity index (χ4n) is 6.63. The Labute approximate surface area is 305 Å². The Morgan fingerprint density at radius 3 is 1.24 bits per heavy atom. The number of rotatable bonds is 39. The molecule has 0 aromatic carbocycles. The zero-order valence-electron chi connectivity index (χ0n) is 32.8. The highest BCUT2D eigenvalue weighted by Gasteiger charge is 2.20. The number of carbonyl (C=O) groups excluding carboxylic acids is 1. The number of carbonyl (C=O) groups is 1. The molecule has 4 N–H and O–H groups in total. The van der Waals surface area contributed by atoms with Gasteiger partial charge in [0.15, 0.2) is 0 Å². The molecular formula is C44H85NO4.